The summed E-state index contributed by atoms with van der Waals surface area (Å²) in [6, 6.07) is 96.1. The van der Waals surface area contributed by atoms with E-state index < -0.39 is 0 Å². The number of rotatable bonds is 24. The van der Waals surface area contributed by atoms with Crippen LogP contribution in [0, 0.1) is 0 Å². The number of aromatic amines is 4. The number of piperidine rings is 1. The van der Waals surface area contributed by atoms with Crippen molar-refractivity contribution in [3.63, 3.8) is 0 Å². The second kappa shape index (κ2) is 44.8. The summed E-state index contributed by atoms with van der Waals surface area (Å²) < 4.78 is 11.4. The minimum Gasteiger partial charge on any atom is -0.456 e. The number of hydrogen-bond donors (Lipinski definition) is 9. The molecule has 21 aromatic rings. The third-order valence-corrected chi connectivity index (χ3v) is 25.7. The maximum atomic E-state index is 13.1. The van der Waals surface area contributed by atoms with Crippen LogP contribution in [0.3, 0.4) is 0 Å². The lowest BCUT2D eigenvalue weighted by Gasteiger charge is -2.30. The Balaban J connectivity index is 0.000000115. The van der Waals surface area contributed by atoms with E-state index in [9.17, 15) is 24.3 Å². The molecule has 3 fully saturated rings. The van der Waals surface area contributed by atoms with Gasteiger partial charge >= 0.3 is 0 Å². The largest absolute Gasteiger partial charge is 0.456 e. The van der Waals surface area contributed by atoms with Gasteiger partial charge in [-0.05, 0) is 205 Å². The topological polar surface area (TPSA) is 383 Å². The van der Waals surface area contributed by atoms with Crippen molar-refractivity contribution in [2.24, 2.45) is 0 Å². The van der Waals surface area contributed by atoms with Crippen LogP contribution in [0.5, 0.6) is 11.5 Å². The first-order chi connectivity index (χ1) is 72.3. The first-order valence-electron chi connectivity index (χ1n) is 48.5. The summed E-state index contributed by atoms with van der Waals surface area (Å²) in [7, 11) is 0. The van der Waals surface area contributed by atoms with Gasteiger partial charge in [-0.1, -0.05) is 164 Å². The zero-order chi connectivity index (χ0) is 99.6. The van der Waals surface area contributed by atoms with Crippen LogP contribution in [0.15, 0.2) is 372 Å². The van der Waals surface area contributed by atoms with Gasteiger partial charge in [-0.3, -0.25) is 94.1 Å². The third kappa shape index (κ3) is 23.3. The number of aliphatic hydroxyl groups excluding tert-OH is 1. The maximum absolute atomic E-state index is 13.1. The Bertz CT molecular complexity index is 8170. The summed E-state index contributed by atoms with van der Waals surface area (Å²) in [5.41, 5.74) is 25.5. The monoisotopic (exact) mass is 1940 g/mol. The van der Waals surface area contributed by atoms with Gasteiger partial charge < -0.3 is 35.8 Å². The lowest BCUT2D eigenvalue weighted by atomic mass is 10.0. The van der Waals surface area contributed by atoms with Crippen molar-refractivity contribution in [3.8, 4) is 101 Å². The highest BCUT2D eigenvalue weighted by atomic mass is 16.5. The van der Waals surface area contributed by atoms with Crippen LogP contribution < -0.4 is 26.0 Å². The van der Waals surface area contributed by atoms with E-state index in [0.717, 1.165) is 230 Å². The number of morpholine rings is 1. The molecule has 12 aromatic heterocycles. The molecule has 3 aliphatic heterocycles. The van der Waals surface area contributed by atoms with Crippen LogP contribution in [0.1, 0.15) is 77.9 Å². The Morgan fingerprint density at radius 3 is 0.884 bits per heavy atom. The molecule has 30 nitrogen and oxygen atoms in total. The summed E-state index contributed by atoms with van der Waals surface area (Å²) in [5.74, 6) is 0.153. The number of amides is 4. The molecule has 0 atom stereocenters. The minimum atomic E-state index is -0.322. The number of pyridine rings is 8. The summed E-state index contributed by atoms with van der Waals surface area (Å²) in [5, 5.41) is 53.4. The van der Waals surface area contributed by atoms with E-state index >= 15 is 0 Å². The summed E-state index contributed by atoms with van der Waals surface area (Å²) in [4.78, 5) is 95.2. The van der Waals surface area contributed by atoms with E-state index in [2.05, 4.69) is 135 Å². The lowest BCUT2D eigenvalue weighted by Crippen LogP contribution is -2.36. The van der Waals surface area contributed by atoms with Gasteiger partial charge in [0, 0.05) is 155 Å². The molecule has 15 heterocycles. The Morgan fingerprint density at radius 1 is 0.293 bits per heavy atom. The van der Waals surface area contributed by atoms with E-state index in [-0.39, 0.29) is 29.7 Å². The standard InChI is InChI=1S/C30H28N6O2.C30H21N5O2.C29H26N6O2.C28H24N6O/c37-25-10-12-36(13-11-25)19-20-14-23(17-31-16-20)22-6-8-28-26(15-22)29(35-34-28)30(38)33-24-7-9-27(32-18-24)21-4-2-1-3-5-21;36-30(33-23-12-14-27(32-18-23)20-7-3-1-4-8-20)29-26-16-21(11-13-28(26)34-35-29)22-15-25(19-31-17-22)37-24-9-5-2-6-10-24;36-29(32-24-7-9-26(31-18-24)21-4-2-1-3-5-21)28-25-15-22(6-8-27(25)33-34-28)23-14-20(16-30-17-23)19-35-10-12-37-13-11-35;35-28(31-23-8-10-25(30-17-23)20-5-2-1-3-6-20)27-24-14-21(7-9-26(24)32-33-27)22-13-19(15-29-16-22)18-34-11-4-12-34/h1-9,14-18,25,37H,10-13,19H2,(H,33,38)(H,34,35);1-19H,(H,33,36)(H,34,35);1-9,14-18H,10-13,19H2,(H,32,36)(H,33,34);1-3,5-10,13-17H,4,11-12,18H2,(H,31,35)(H,32,33). The number of likely N-dealkylation sites (tertiary alicyclic amines) is 2. The van der Waals surface area contributed by atoms with Crippen LogP contribution in [0.4, 0.5) is 22.7 Å². The number of aliphatic hydroxyl groups is 1. The molecule has 724 valence electrons. The number of aromatic nitrogens is 16. The van der Waals surface area contributed by atoms with Crippen molar-refractivity contribution in [2.75, 3.05) is 73.7 Å². The lowest BCUT2D eigenvalue weighted by molar-refractivity contribution is 0.0341. The fourth-order valence-corrected chi connectivity index (χ4v) is 17.8. The highest BCUT2D eigenvalue weighted by Crippen LogP contribution is 2.36. The maximum Gasteiger partial charge on any atom is 0.276 e. The first-order valence-corrected chi connectivity index (χ1v) is 48.5. The van der Waals surface area contributed by atoms with Gasteiger partial charge in [0.2, 0.25) is 0 Å². The van der Waals surface area contributed by atoms with Crippen molar-refractivity contribution in [1.82, 2.24) is 95.4 Å². The SMILES string of the molecule is O=C(Nc1ccc(-c2ccccc2)nc1)c1n[nH]c2ccc(-c3cncc(CN4CCC(O)CC4)c3)cc12.O=C(Nc1ccc(-c2ccccc2)nc1)c1n[nH]c2ccc(-c3cncc(CN4CCC4)c3)cc12.O=C(Nc1ccc(-c2ccccc2)nc1)c1n[nH]c2ccc(-c3cncc(CN4CCOCC4)c3)cc12.O=C(Nc1ccc(-c2ccccc2)nc1)c1n[nH]c2ccc(-c3cncc(Oc4ccccc4)c3)cc12. The van der Waals surface area contributed by atoms with Crippen molar-refractivity contribution in [3.05, 3.63) is 411 Å². The molecule has 0 spiro atoms. The van der Waals surface area contributed by atoms with Gasteiger partial charge in [-0.25, -0.2) is 0 Å². The number of ether oxygens (including phenoxy) is 2. The number of para-hydroxylation sites is 1. The number of nitrogens with zero attached hydrogens (tertiary/aromatic N) is 15. The smallest absolute Gasteiger partial charge is 0.276 e. The molecule has 0 aliphatic carbocycles. The van der Waals surface area contributed by atoms with Gasteiger partial charge in [-0.15, -0.1) is 0 Å². The quantitative estimate of drug-likeness (QED) is 0.0271. The van der Waals surface area contributed by atoms with Crippen molar-refractivity contribution in [2.45, 2.75) is 45.0 Å². The molecule has 30 heteroatoms. The minimum absolute atomic E-state index is 0.186. The summed E-state index contributed by atoms with van der Waals surface area (Å²) >= 11 is 0. The van der Waals surface area contributed by atoms with Crippen LogP contribution in [-0.4, -0.2) is 183 Å². The van der Waals surface area contributed by atoms with E-state index in [1.807, 2.05) is 316 Å². The van der Waals surface area contributed by atoms with Gasteiger partial charge in [-0.2, -0.15) is 20.4 Å². The third-order valence-electron chi connectivity index (χ3n) is 25.7. The van der Waals surface area contributed by atoms with Crippen LogP contribution >= 0.6 is 0 Å². The molecule has 0 radical (unpaired) electrons. The molecule has 0 bridgehead atoms. The number of hydrogen-bond acceptors (Lipinski definition) is 22. The summed E-state index contributed by atoms with van der Waals surface area (Å²) in [6.07, 6.45) is 24.0. The Kier molecular flexibility index (Phi) is 28.9. The Labute approximate surface area is 844 Å². The molecule has 3 aliphatic rings. The Hall–Kier alpha value is -18.5. The average molecular weight is 1940 g/mol. The van der Waals surface area contributed by atoms with Gasteiger partial charge in [0.1, 0.15) is 11.5 Å². The van der Waals surface area contributed by atoms with Gasteiger partial charge in [0.05, 0.1) is 118 Å². The number of carbonyl (C=O) groups is 4. The Morgan fingerprint density at radius 2 is 0.585 bits per heavy atom. The average Bonchev–Trinajstić information content (AvgIpc) is 1.67. The molecule has 0 saturated carbocycles. The number of H-pyrrole nitrogens is 4. The number of benzene rings is 9. The number of nitrogens with one attached hydrogen (secondary N) is 8. The zero-order valence-electron chi connectivity index (χ0n) is 79.8. The second-order valence-corrected chi connectivity index (χ2v) is 35.9. The molecule has 9 aromatic carbocycles. The van der Waals surface area contributed by atoms with Crippen molar-refractivity contribution < 1.29 is 33.8 Å². The summed E-state index contributed by atoms with van der Waals surface area (Å²) in [6.45, 7) is 9.99. The van der Waals surface area contributed by atoms with E-state index in [0.29, 0.717) is 56.7 Å². The van der Waals surface area contributed by atoms with E-state index in [1.54, 1.807) is 37.2 Å². The van der Waals surface area contributed by atoms with Crippen molar-refractivity contribution >= 4 is 90.0 Å². The number of carbonyl (C=O) groups excluding carboxylic acids is 4. The van der Waals surface area contributed by atoms with Gasteiger partial charge in [0.25, 0.3) is 23.6 Å². The molecule has 4 amide bonds. The van der Waals surface area contributed by atoms with Gasteiger partial charge in [0.15, 0.2) is 22.8 Å². The number of anilines is 4. The van der Waals surface area contributed by atoms with Crippen molar-refractivity contribution in [1.29, 1.82) is 0 Å². The fourth-order valence-electron chi connectivity index (χ4n) is 17.8. The first kappa shape index (κ1) is 94.8. The molecule has 3 saturated heterocycles. The zero-order valence-corrected chi connectivity index (χ0v) is 79.8. The predicted octanol–water partition coefficient (Wildman–Crippen LogP) is 21.5. The second-order valence-electron chi connectivity index (χ2n) is 35.9. The van der Waals surface area contributed by atoms with E-state index in [1.165, 1.54) is 12.0 Å². The molecular weight excluding hydrogens is 1840 g/mol. The molecule has 0 unspecified atom stereocenters. The van der Waals surface area contributed by atoms with Crippen LogP contribution in [0.2, 0.25) is 0 Å². The molecule has 9 N–H and O–H groups in total. The molecule has 24 rings (SSSR count). The fraction of sp³-hybridized carbons (Fsp3) is 0.128. The molecule has 147 heavy (non-hydrogen) atoms. The highest BCUT2D eigenvalue weighted by Gasteiger charge is 2.25. The van der Waals surface area contributed by atoms with Crippen LogP contribution in [-0.2, 0) is 24.4 Å². The molecular formula is C117H99N23O7. The van der Waals surface area contributed by atoms with E-state index in [4.69, 9.17) is 9.47 Å². The normalized spacial score (nSPS) is 13.2. The predicted molar refractivity (Wildman–Crippen MR) is 571 cm³/mol. The highest BCUT2D eigenvalue weighted by molar-refractivity contribution is 6.15. The van der Waals surface area contributed by atoms with Crippen LogP contribution in [0.25, 0.3) is 133 Å². The number of fused-ring (bicyclic) bond motifs is 4.